The third-order valence-electron chi connectivity index (χ3n) is 4.93. The maximum atomic E-state index is 11.0. The molecule has 148 valence electrons. The van der Waals surface area contributed by atoms with Gasteiger partial charge in [0, 0.05) is 11.1 Å². The Hall–Kier alpha value is -3.92. The summed E-state index contributed by atoms with van der Waals surface area (Å²) in [6, 6.07) is 29.0. The fourth-order valence-corrected chi connectivity index (χ4v) is 3.45. The van der Waals surface area contributed by atoms with Crippen LogP contribution in [-0.4, -0.2) is 12.2 Å². The summed E-state index contributed by atoms with van der Waals surface area (Å²) in [6.07, 6.45) is 0. The summed E-state index contributed by atoms with van der Waals surface area (Å²) >= 11 is 0. The monoisotopic (exact) mass is 394 g/mol. The van der Waals surface area contributed by atoms with Crippen molar-refractivity contribution >= 4 is 11.4 Å². The third-order valence-corrected chi connectivity index (χ3v) is 4.93. The van der Waals surface area contributed by atoms with Gasteiger partial charge in [-0.2, -0.15) is 5.11 Å². The van der Waals surface area contributed by atoms with E-state index >= 15 is 0 Å². The number of phenols is 1. The molecule has 0 unspecified atom stereocenters. The zero-order valence-corrected chi connectivity index (χ0v) is 16.9. The minimum Gasteiger partial charge on any atom is -0.507 e. The highest BCUT2D eigenvalue weighted by molar-refractivity contribution is 5.85. The molecule has 30 heavy (non-hydrogen) atoms. The van der Waals surface area contributed by atoms with Gasteiger partial charge in [-0.05, 0) is 41.8 Å². The van der Waals surface area contributed by atoms with Crippen LogP contribution in [0.5, 0.6) is 11.5 Å². The lowest BCUT2D eigenvalue weighted by molar-refractivity contribution is 0.413. The summed E-state index contributed by atoms with van der Waals surface area (Å²) in [4.78, 5) is 0. The molecule has 4 aromatic rings. The molecule has 4 nitrogen and oxygen atoms in total. The van der Waals surface area contributed by atoms with Crippen molar-refractivity contribution in [1.29, 1.82) is 0 Å². The van der Waals surface area contributed by atoms with Crippen LogP contribution in [0.2, 0.25) is 0 Å². The third kappa shape index (κ3) is 3.94. The van der Waals surface area contributed by atoms with Crippen LogP contribution < -0.4 is 4.74 Å². The zero-order chi connectivity index (χ0) is 20.9. The molecule has 0 radical (unpaired) electrons. The van der Waals surface area contributed by atoms with Gasteiger partial charge in [-0.15, -0.1) is 5.11 Å². The fourth-order valence-electron chi connectivity index (χ4n) is 3.45. The molecule has 0 aliphatic carbocycles. The average molecular weight is 394 g/mol. The van der Waals surface area contributed by atoms with Crippen molar-refractivity contribution in [1.82, 2.24) is 0 Å². The summed E-state index contributed by atoms with van der Waals surface area (Å²) in [5.74, 6) is 0.922. The number of ether oxygens (including phenoxy) is 1. The molecule has 0 amide bonds. The van der Waals surface area contributed by atoms with Crippen LogP contribution >= 0.6 is 0 Å². The maximum Gasteiger partial charge on any atom is 0.149 e. The number of hydrogen-bond donors (Lipinski definition) is 1. The van der Waals surface area contributed by atoms with E-state index < -0.39 is 0 Å². The number of phenolic OH excluding ortho intramolecular Hbond substituents is 1. The van der Waals surface area contributed by atoms with E-state index in [0.717, 1.165) is 16.7 Å². The van der Waals surface area contributed by atoms with Gasteiger partial charge in [0.25, 0.3) is 0 Å². The summed E-state index contributed by atoms with van der Waals surface area (Å²) < 4.78 is 5.48. The molecule has 0 atom stereocenters. The van der Waals surface area contributed by atoms with Gasteiger partial charge in [-0.3, -0.25) is 0 Å². The predicted octanol–water partition coefficient (Wildman–Crippen LogP) is 7.46. The first-order chi connectivity index (χ1) is 14.7. The van der Waals surface area contributed by atoms with Crippen LogP contribution in [0, 0.1) is 6.92 Å². The Morgan fingerprint density at radius 2 is 1.27 bits per heavy atom. The molecule has 0 heterocycles. The van der Waals surface area contributed by atoms with E-state index in [2.05, 4.69) is 10.2 Å². The van der Waals surface area contributed by atoms with Gasteiger partial charge >= 0.3 is 0 Å². The molecule has 0 aromatic heterocycles. The molecule has 4 rings (SSSR count). The fraction of sp³-hybridized carbons (Fsp3) is 0.0769. The SMILES string of the molecule is COc1c(C)cccc1N=Nc1cc(-c2ccccc2)c(O)c(-c2ccccc2)c1. The van der Waals surface area contributed by atoms with Crippen molar-refractivity contribution in [2.75, 3.05) is 7.11 Å². The number of azo groups is 1. The first-order valence-electron chi connectivity index (χ1n) is 9.70. The van der Waals surface area contributed by atoms with Crippen molar-refractivity contribution in [2.24, 2.45) is 10.2 Å². The first-order valence-corrected chi connectivity index (χ1v) is 9.70. The van der Waals surface area contributed by atoms with E-state index in [-0.39, 0.29) is 5.75 Å². The van der Waals surface area contributed by atoms with Gasteiger partial charge in [0.05, 0.1) is 12.8 Å². The molecule has 4 heteroatoms. The second kappa shape index (κ2) is 8.62. The smallest absolute Gasteiger partial charge is 0.149 e. The lowest BCUT2D eigenvalue weighted by Gasteiger charge is -2.12. The van der Waals surface area contributed by atoms with Crippen molar-refractivity contribution in [3.8, 4) is 33.8 Å². The minimum atomic E-state index is 0.222. The topological polar surface area (TPSA) is 54.2 Å². The molecule has 0 saturated carbocycles. The van der Waals surface area contributed by atoms with Gasteiger partial charge in [0.15, 0.2) is 0 Å². The van der Waals surface area contributed by atoms with E-state index in [9.17, 15) is 5.11 Å². The normalized spacial score (nSPS) is 11.0. The Morgan fingerprint density at radius 1 is 0.700 bits per heavy atom. The molecule has 0 spiro atoms. The van der Waals surface area contributed by atoms with E-state index in [0.29, 0.717) is 28.3 Å². The van der Waals surface area contributed by atoms with E-state index in [1.807, 2.05) is 97.9 Å². The molecule has 0 fully saturated rings. The van der Waals surface area contributed by atoms with Gasteiger partial charge < -0.3 is 9.84 Å². The van der Waals surface area contributed by atoms with Crippen molar-refractivity contribution in [3.63, 3.8) is 0 Å². The highest BCUT2D eigenvalue weighted by Gasteiger charge is 2.14. The largest absolute Gasteiger partial charge is 0.507 e. The van der Waals surface area contributed by atoms with Crippen molar-refractivity contribution in [3.05, 3.63) is 96.6 Å². The Kier molecular flexibility index (Phi) is 5.57. The molecule has 0 aliphatic heterocycles. The summed E-state index contributed by atoms with van der Waals surface area (Å²) in [7, 11) is 1.63. The molecule has 0 bridgehead atoms. The van der Waals surface area contributed by atoms with Crippen LogP contribution in [-0.2, 0) is 0 Å². The molecule has 4 aromatic carbocycles. The number of hydrogen-bond acceptors (Lipinski definition) is 4. The number of aryl methyl sites for hydroxylation is 1. The number of nitrogens with zero attached hydrogens (tertiary/aromatic N) is 2. The van der Waals surface area contributed by atoms with Crippen LogP contribution in [0.15, 0.2) is 101 Å². The second-order valence-electron chi connectivity index (χ2n) is 6.95. The van der Waals surface area contributed by atoms with E-state index in [1.54, 1.807) is 7.11 Å². The lowest BCUT2D eigenvalue weighted by atomic mass is 9.96. The van der Waals surface area contributed by atoms with Crippen molar-refractivity contribution < 1.29 is 9.84 Å². The first kappa shape index (κ1) is 19.4. The van der Waals surface area contributed by atoms with Gasteiger partial charge in [0.1, 0.15) is 17.2 Å². The van der Waals surface area contributed by atoms with Gasteiger partial charge in [-0.25, -0.2) is 0 Å². The maximum absolute atomic E-state index is 11.0. The molecule has 0 aliphatic rings. The quantitative estimate of drug-likeness (QED) is 0.357. The number of rotatable bonds is 5. The summed E-state index contributed by atoms with van der Waals surface area (Å²) in [5, 5.41) is 19.9. The summed E-state index contributed by atoms with van der Waals surface area (Å²) in [6.45, 7) is 1.97. The Bertz CT molecular complexity index is 1130. The lowest BCUT2D eigenvalue weighted by Crippen LogP contribution is -1.87. The Morgan fingerprint density at radius 3 is 1.80 bits per heavy atom. The number of methoxy groups -OCH3 is 1. The van der Waals surface area contributed by atoms with Gasteiger partial charge in [-0.1, -0.05) is 72.8 Å². The van der Waals surface area contributed by atoms with Gasteiger partial charge in [0.2, 0.25) is 0 Å². The molecular formula is C26H22N2O2. The predicted molar refractivity (Wildman–Crippen MR) is 121 cm³/mol. The average Bonchev–Trinajstić information content (AvgIpc) is 2.79. The number of aromatic hydroxyl groups is 1. The molecular weight excluding hydrogens is 372 g/mol. The summed E-state index contributed by atoms with van der Waals surface area (Å²) in [5.41, 5.74) is 5.55. The number of para-hydroxylation sites is 1. The Labute approximate surface area is 176 Å². The standard InChI is InChI=1S/C26H22N2O2/c1-18-10-9-15-24(26(18)30-2)28-27-21-16-22(19-11-5-3-6-12-19)25(29)23(17-21)20-13-7-4-8-14-20/h3-17,29H,1-2H3. The van der Waals surface area contributed by atoms with Crippen LogP contribution in [0.4, 0.5) is 11.4 Å². The van der Waals surface area contributed by atoms with Crippen molar-refractivity contribution in [2.45, 2.75) is 6.92 Å². The highest BCUT2D eigenvalue weighted by Crippen LogP contribution is 2.42. The molecule has 1 N–H and O–H groups in total. The van der Waals surface area contributed by atoms with E-state index in [1.165, 1.54) is 0 Å². The van der Waals surface area contributed by atoms with E-state index in [4.69, 9.17) is 4.74 Å². The highest BCUT2D eigenvalue weighted by atomic mass is 16.5. The minimum absolute atomic E-state index is 0.222. The van der Waals surface area contributed by atoms with Crippen LogP contribution in [0.1, 0.15) is 5.56 Å². The molecule has 0 saturated heterocycles. The van der Waals surface area contributed by atoms with Crippen LogP contribution in [0.25, 0.3) is 22.3 Å². The Balaban J connectivity index is 1.85. The van der Waals surface area contributed by atoms with Crippen LogP contribution in [0.3, 0.4) is 0 Å². The second-order valence-corrected chi connectivity index (χ2v) is 6.95. The zero-order valence-electron chi connectivity index (χ0n) is 16.9. The number of benzene rings is 4.